The number of halogens is 1. The van der Waals surface area contributed by atoms with Gasteiger partial charge < -0.3 is 14.6 Å². The third-order valence-electron chi connectivity index (χ3n) is 4.16. The van der Waals surface area contributed by atoms with E-state index in [2.05, 4.69) is 10.5 Å². The molecule has 0 fully saturated rings. The quantitative estimate of drug-likeness (QED) is 0.837. The Kier molecular flexibility index (Phi) is 5.08. The maximum Gasteiger partial charge on any atom is 0.303 e. The van der Waals surface area contributed by atoms with Crippen LogP contribution in [0.25, 0.3) is 11.3 Å². The van der Waals surface area contributed by atoms with E-state index in [9.17, 15) is 9.59 Å². The number of aromatic nitrogens is 1. The van der Waals surface area contributed by atoms with Crippen LogP contribution in [0.2, 0.25) is 5.02 Å². The molecule has 1 aromatic heterocycles. The number of benzene rings is 1. The zero-order valence-corrected chi connectivity index (χ0v) is 14.9. The van der Waals surface area contributed by atoms with E-state index < -0.39 is 18.0 Å². The van der Waals surface area contributed by atoms with E-state index in [1.54, 1.807) is 12.1 Å². The number of rotatable bonds is 4. The van der Waals surface area contributed by atoms with Crippen molar-refractivity contribution in [3.63, 3.8) is 0 Å². The molecule has 3 rings (SSSR count). The van der Waals surface area contributed by atoms with Crippen LogP contribution in [0.4, 0.5) is 5.69 Å². The van der Waals surface area contributed by atoms with Gasteiger partial charge in [-0.15, -0.1) is 0 Å². The first-order valence-electron chi connectivity index (χ1n) is 8.21. The van der Waals surface area contributed by atoms with Gasteiger partial charge in [-0.3, -0.25) is 9.59 Å². The molecule has 6 nitrogen and oxygen atoms in total. The predicted molar refractivity (Wildman–Crippen MR) is 93.4 cm³/mol. The standard InChI is InChI=1S/C18H19ClN2O4/c1-10(24-11(2)22)18(23)20-16-9-12(7-8-14(16)19)17-13-5-3-4-6-15(13)21-25-17/h7-10H,3-6H2,1-2H3,(H,20,23)/t10-/m0/s1. The normalized spacial score (nSPS) is 14.5. The second-order valence-electron chi connectivity index (χ2n) is 6.08. The van der Waals surface area contributed by atoms with Gasteiger partial charge in [0.05, 0.1) is 16.4 Å². The largest absolute Gasteiger partial charge is 0.453 e. The summed E-state index contributed by atoms with van der Waals surface area (Å²) in [5.41, 5.74) is 3.36. The Balaban J connectivity index is 1.85. The number of fused-ring (bicyclic) bond motifs is 1. The van der Waals surface area contributed by atoms with Crippen molar-refractivity contribution >= 4 is 29.2 Å². The van der Waals surface area contributed by atoms with Crippen molar-refractivity contribution in [3.05, 3.63) is 34.5 Å². The summed E-state index contributed by atoms with van der Waals surface area (Å²) in [7, 11) is 0. The first kappa shape index (κ1) is 17.5. The van der Waals surface area contributed by atoms with Gasteiger partial charge in [-0.2, -0.15) is 0 Å². The predicted octanol–water partition coefficient (Wildman–Crippen LogP) is 3.76. The van der Waals surface area contributed by atoms with E-state index in [1.807, 2.05) is 6.07 Å². The molecule has 1 atom stereocenters. The van der Waals surface area contributed by atoms with Crippen LogP contribution in [0.5, 0.6) is 0 Å². The summed E-state index contributed by atoms with van der Waals surface area (Å²) in [4.78, 5) is 23.1. The summed E-state index contributed by atoms with van der Waals surface area (Å²) in [5, 5.41) is 7.23. The minimum Gasteiger partial charge on any atom is -0.453 e. The second-order valence-corrected chi connectivity index (χ2v) is 6.49. The Morgan fingerprint density at radius 2 is 2.08 bits per heavy atom. The first-order chi connectivity index (χ1) is 12.0. The van der Waals surface area contributed by atoms with Crippen LogP contribution in [0.15, 0.2) is 22.7 Å². The van der Waals surface area contributed by atoms with Crippen molar-refractivity contribution in [3.8, 4) is 11.3 Å². The summed E-state index contributed by atoms with van der Waals surface area (Å²) < 4.78 is 10.4. The average molecular weight is 363 g/mol. The molecule has 0 radical (unpaired) electrons. The van der Waals surface area contributed by atoms with Gasteiger partial charge in [-0.25, -0.2) is 0 Å². The van der Waals surface area contributed by atoms with E-state index in [1.165, 1.54) is 13.8 Å². The van der Waals surface area contributed by atoms with Crippen LogP contribution >= 0.6 is 11.6 Å². The molecule has 0 bridgehead atoms. The molecule has 1 aromatic carbocycles. The van der Waals surface area contributed by atoms with Gasteiger partial charge in [0.2, 0.25) is 0 Å². The topological polar surface area (TPSA) is 81.4 Å². The Bertz CT molecular complexity index is 815. The van der Waals surface area contributed by atoms with Crippen molar-refractivity contribution in [2.45, 2.75) is 45.6 Å². The highest BCUT2D eigenvalue weighted by Gasteiger charge is 2.22. The minimum absolute atomic E-state index is 0.389. The Morgan fingerprint density at radius 3 is 2.84 bits per heavy atom. The molecule has 1 aliphatic rings. The van der Waals surface area contributed by atoms with Crippen LogP contribution < -0.4 is 5.32 Å². The van der Waals surface area contributed by atoms with Crippen molar-refractivity contribution < 1.29 is 18.8 Å². The summed E-state index contributed by atoms with van der Waals surface area (Å²) in [6.07, 6.45) is 3.18. The number of carbonyl (C=O) groups is 2. The molecule has 1 aliphatic carbocycles. The fourth-order valence-electron chi connectivity index (χ4n) is 2.92. The molecular formula is C18H19ClN2O4. The lowest BCUT2D eigenvalue weighted by Crippen LogP contribution is -2.29. The zero-order valence-electron chi connectivity index (χ0n) is 14.1. The number of ether oxygens (including phenoxy) is 1. The molecular weight excluding hydrogens is 344 g/mol. The second kappa shape index (κ2) is 7.27. The van der Waals surface area contributed by atoms with Gasteiger partial charge in [-0.1, -0.05) is 16.8 Å². The molecule has 0 saturated carbocycles. The highest BCUT2D eigenvalue weighted by Crippen LogP contribution is 2.34. The third kappa shape index (κ3) is 3.85. The SMILES string of the molecule is CC(=O)O[C@@H](C)C(=O)Nc1cc(-c2onc3c2CCCC3)ccc1Cl. The van der Waals surface area contributed by atoms with E-state index in [4.69, 9.17) is 20.9 Å². The van der Waals surface area contributed by atoms with Crippen LogP contribution in [-0.2, 0) is 27.2 Å². The first-order valence-corrected chi connectivity index (χ1v) is 8.59. The zero-order chi connectivity index (χ0) is 18.0. The number of carbonyl (C=O) groups excluding carboxylic acids is 2. The molecule has 1 N–H and O–H groups in total. The number of amides is 1. The van der Waals surface area contributed by atoms with Gasteiger partial charge >= 0.3 is 5.97 Å². The Labute approximate surface area is 150 Å². The summed E-state index contributed by atoms with van der Waals surface area (Å²) in [5.74, 6) is -0.250. The van der Waals surface area contributed by atoms with Crippen molar-refractivity contribution in [2.24, 2.45) is 0 Å². The number of anilines is 1. The Hall–Kier alpha value is -2.34. The molecule has 2 aromatic rings. The van der Waals surface area contributed by atoms with E-state index in [-0.39, 0.29) is 0 Å². The fraction of sp³-hybridized carbons (Fsp3) is 0.389. The number of hydrogen-bond acceptors (Lipinski definition) is 5. The molecule has 0 saturated heterocycles. The lowest BCUT2D eigenvalue weighted by atomic mass is 9.94. The average Bonchev–Trinajstić information content (AvgIpc) is 3.00. The number of hydrogen-bond donors (Lipinski definition) is 1. The highest BCUT2D eigenvalue weighted by molar-refractivity contribution is 6.33. The van der Waals surface area contributed by atoms with Gasteiger partial charge in [0.25, 0.3) is 5.91 Å². The van der Waals surface area contributed by atoms with Crippen molar-refractivity contribution in [1.82, 2.24) is 5.16 Å². The van der Waals surface area contributed by atoms with Crippen LogP contribution in [0.1, 0.15) is 37.9 Å². The maximum atomic E-state index is 12.1. The van der Waals surface area contributed by atoms with Gasteiger partial charge in [-0.05, 0) is 50.8 Å². The molecule has 7 heteroatoms. The van der Waals surface area contributed by atoms with Gasteiger partial charge in [0.1, 0.15) is 0 Å². The van der Waals surface area contributed by atoms with Gasteiger partial charge in [0, 0.05) is 18.1 Å². The molecule has 1 amide bonds. The monoisotopic (exact) mass is 362 g/mol. The van der Waals surface area contributed by atoms with Gasteiger partial charge in [0.15, 0.2) is 11.9 Å². The number of aryl methyl sites for hydroxylation is 1. The van der Waals surface area contributed by atoms with Crippen molar-refractivity contribution in [2.75, 3.05) is 5.32 Å². The summed E-state index contributed by atoms with van der Waals surface area (Å²) in [6, 6.07) is 5.28. The molecule has 0 spiro atoms. The minimum atomic E-state index is -0.907. The summed E-state index contributed by atoms with van der Waals surface area (Å²) in [6.45, 7) is 2.76. The number of esters is 1. The third-order valence-corrected chi connectivity index (χ3v) is 4.49. The fourth-order valence-corrected chi connectivity index (χ4v) is 3.08. The van der Waals surface area contributed by atoms with E-state index in [0.29, 0.717) is 10.7 Å². The molecule has 1 heterocycles. The van der Waals surface area contributed by atoms with Crippen LogP contribution in [0.3, 0.4) is 0 Å². The van der Waals surface area contributed by atoms with E-state index in [0.717, 1.165) is 48.3 Å². The maximum absolute atomic E-state index is 12.1. The molecule has 132 valence electrons. The smallest absolute Gasteiger partial charge is 0.303 e. The lowest BCUT2D eigenvalue weighted by Gasteiger charge is -2.14. The molecule has 25 heavy (non-hydrogen) atoms. The van der Waals surface area contributed by atoms with Crippen molar-refractivity contribution in [1.29, 1.82) is 0 Å². The highest BCUT2D eigenvalue weighted by atomic mass is 35.5. The van der Waals surface area contributed by atoms with Crippen LogP contribution in [0, 0.1) is 0 Å². The number of nitrogens with one attached hydrogen (secondary N) is 1. The molecule has 0 unspecified atom stereocenters. The summed E-state index contributed by atoms with van der Waals surface area (Å²) >= 11 is 6.19. The van der Waals surface area contributed by atoms with E-state index >= 15 is 0 Å². The lowest BCUT2D eigenvalue weighted by molar-refractivity contribution is -0.150. The Morgan fingerprint density at radius 1 is 1.32 bits per heavy atom. The molecule has 0 aliphatic heterocycles. The number of nitrogens with zero attached hydrogens (tertiary/aromatic N) is 1. The van der Waals surface area contributed by atoms with Crippen LogP contribution in [-0.4, -0.2) is 23.1 Å².